The molecule has 2 aromatic heterocycles. The highest BCUT2D eigenvalue weighted by molar-refractivity contribution is 7.10. The molecule has 1 aliphatic rings. The normalized spacial score (nSPS) is 15.4. The van der Waals surface area contributed by atoms with Crippen LogP contribution in [-0.2, 0) is 24.3 Å². The third kappa shape index (κ3) is 3.83. The number of hydrogen-bond donors (Lipinski definition) is 1. The maximum Gasteiger partial charge on any atom is 0.239 e. The molecule has 0 aliphatic carbocycles. The van der Waals surface area contributed by atoms with Crippen LogP contribution in [0, 0.1) is 0 Å². The third-order valence-corrected chi connectivity index (χ3v) is 5.54. The molecule has 1 N–H and O–H groups in total. The third-order valence-electron chi connectivity index (χ3n) is 4.52. The Hall–Kier alpha value is -1.76. The van der Waals surface area contributed by atoms with E-state index in [2.05, 4.69) is 16.4 Å². The lowest BCUT2D eigenvalue weighted by Crippen LogP contribution is -2.48. The van der Waals surface area contributed by atoms with E-state index >= 15 is 0 Å². The van der Waals surface area contributed by atoms with Gasteiger partial charge in [0.15, 0.2) is 0 Å². The van der Waals surface area contributed by atoms with Gasteiger partial charge in [0.05, 0.1) is 12.6 Å². The van der Waals surface area contributed by atoms with E-state index in [4.69, 9.17) is 0 Å². The van der Waals surface area contributed by atoms with Crippen LogP contribution in [0.5, 0.6) is 0 Å². The van der Waals surface area contributed by atoms with Crippen LogP contribution in [0.25, 0.3) is 0 Å². The van der Waals surface area contributed by atoms with Gasteiger partial charge in [-0.05, 0) is 42.0 Å². The minimum atomic E-state index is -0.266. The Balaban J connectivity index is 1.68. The van der Waals surface area contributed by atoms with Gasteiger partial charge in [0.1, 0.15) is 0 Å². The lowest BCUT2D eigenvalue weighted by atomic mass is 10.1. The lowest BCUT2D eigenvalue weighted by Gasteiger charge is -2.34. The monoisotopic (exact) mass is 345 g/mol. The summed E-state index contributed by atoms with van der Waals surface area (Å²) in [6, 6.07) is 5.73. The number of thiophene rings is 1. The van der Waals surface area contributed by atoms with Gasteiger partial charge in [-0.3, -0.25) is 14.7 Å². The summed E-state index contributed by atoms with van der Waals surface area (Å²) in [4.78, 5) is 22.4. The van der Waals surface area contributed by atoms with Crippen molar-refractivity contribution >= 4 is 17.2 Å². The average Bonchev–Trinajstić information content (AvgIpc) is 3.08. The Labute approximate surface area is 146 Å². The standard InChI is InChI=1S/C18H23N3O2S/c1-14(20(8-9-22)12-15-3-2-6-19-11-15)18(23)21-7-4-17-16(13-21)5-10-24-17/h2-3,5-6,10-11,14,22H,4,7-9,12-13H2,1H3. The number of aliphatic hydroxyl groups is 1. The van der Waals surface area contributed by atoms with Crippen molar-refractivity contribution < 1.29 is 9.90 Å². The largest absolute Gasteiger partial charge is 0.395 e. The molecule has 1 unspecified atom stereocenters. The second-order valence-corrected chi connectivity index (χ2v) is 7.11. The lowest BCUT2D eigenvalue weighted by molar-refractivity contribution is -0.137. The molecule has 24 heavy (non-hydrogen) atoms. The van der Waals surface area contributed by atoms with Crippen LogP contribution in [-0.4, -0.2) is 51.5 Å². The first kappa shape index (κ1) is 17.1. The zero-order chi connectivity index (χ0) is 16.9. The van der Waals surface area contributed by atoms with Crippen LogP contribution in [0.2, 0.25) is 0 Å². The van der Waals surface area contributed by atoms with Gasteiger partial charge in [0.25, 0.3) is 0 Å². The van der Waals surface area contributed by atoms with Crippen molar-refractivity contribution in [3.8, 4) is 0 Å². The predicted molar refractivity (Wildman–Crippen MR) is 94.6 cm³/mol. The van der Waals surface area contributed by atoms with E-state index in [1.165, 1.54) is 10.4 Å². The fourth-order valence-corrected chi connectivity index (χ4v) is 4.01. The highest BCUT2D eigenvalue weighted by Crippen LogP contribution is 2.25. The minimum Gasteiger partial charge on any atom is -0.395 e. The SMILES string of the molecule is CC(C(=O)N1CCc2sccc2C1)N(CCO)Cc1cccnc1. The number of hydrogen-bond acceptors (Lipinski definition) is 5. The van der Waals surface area contributed by atoms with Crippen LogP contribution >= 0.6 is 11.3 Å². The van der Waals surface area contributed by atoms with Crippen molar-refractivity contribution in [2.45, 2.75) is 32.5 Å². The van der Waals surface area contributed by atoms with Crippen molar-refractivity contribution in [2.75, 3.05) is 19.7 Å². The van der Waals surface area contributed by atoms with E-state index in [9.17, 15) is 9.90 Å². The summed E-state index contributed by atoms with van der Waals surface area (Å²) in [5, 5.41) is 11.5. The van der Waals surface area contributed by atoms with Gasteiger partial charge in [0, 0.05) is 43.4 Å². The predicted octanol–water partition coefficient (Wildman–Crippen LogP) is 1.91. The molecule has 0 saturated heterocycles. The molecule has 5 nitrogen and oxygen atoms in total. The van der Waals surface area contributed by atoms with E-state index in [1.807, 2.05) is 28.9 Å². The zero-order valence-electron chi connectivity index (χ0n) is 13.9. The number of carbonyl (C=O) groups excluding carboxylic acids is 1. The number of pyridine rings is 1. The number of amides is 1. The van der Waals surface area contributed by atoms with Crippen LogP contribution in [0.1, 0.15) is 22.9 Å². The summed E-state index contributed by atoms with van der Waals surface area (Å²) in [5.74, 6) is 0.129. The smallest absolute Gasteiger partial charge is 0.239 e. The second kappa shape index (κ2) is 7.88. The molecular formula is C18H23N3O2S. The van der Waals surface area contributed by atoms with E-state index in [1.54, 1.807) is 23.7 Å². The first-order chi connectivity index (χ1) is 11.7. The summed E-state index contributed by atoms with van der Waals surface area (Å²) >= 11 is 1.78. The van der Waals surface area contributed by atoms with E-state index < -0.39 is 0 Å². The number of rotatable bonds is 6. The highest BCUT2D eigenvalue weighted by atomic mass is 32.1. The molecule has 1 atom stereocenters. The molecule has 3 heterocycles. The average molecular weight is 345 g/mol. The van der Waals surface area contributed by atoms with Gasteiger partial charge in [-0.2, -0.15) is 0 Å². The van der Waals surface area contributed by atoms with Gasteiger partial charge >= 0.3 is 0 Å². The van der Waals surface area contributed by atoms with Crippen molar-refractivity contribution in [1.29, 1.82) is 0 Å². The Kier molecular flexibility index (Phi) is 5.60. The molecule has 2 aromatic rings. The maximum absolute atomic E-state index is 12.9. The minimum absolute atomic E-state index is 0.0343. The van der Waals surface area contributed by atoms with Crippen molar-refractivity contribution in [3.63, 3.8) is 0 Å². The van der Waals surface area contributed by atoms with Crippen molar-refractivity contribution in [1.82, 2.24) is 14.8 Å². The first-order valence-corrected chi connectivity index (χ1v) is 9.15. The molecule has 0 fully saturated rings. The molecule has 0 radical (unpaired) electrons. The molecule has 1 amide bonds. The zero-order valence-corrected chi connectivity index (χ0v) is 14.7. The molecule has 0 bridgehead atoms. The fraction of sp³-hybridized carbons (Fsp3) is 0.444. The van der Waals surface area contributed by atoms with Gasteiger partial charge in [-0.1, -0.05) is 6.07 Å². The van der Waals surface area contributed by atoms with E-state index in [-0.39, 0.29) is 18.6 Å². The molecule has 0 aromatic carbocycles. The summed E-state index contributed by atoms with van der Waals surface area (Å²) in [5.41, 5.74) is 2.32. The van der Waals surface area contributed by atoms with E-state index in [0.717, 1.165) is 18.5 Å². The Morgan fingerprint density at radius 1 is 1.50 bits per heavy atom. The molecule has 128 valence electrons. The summed E-state index contributed by atoms with van der Waals surface area (Å²) < 4.78 is 0. The summed E-state index contributed by atoms with van der Waals surface area (Å²) in [6.07, 6.45) is 4.48. The fourth-order valence-electron chi connectivity index (χ4n) is 3.12. The number of aliphatic hydroxyl groups excluding tert-OH is 1. The molecule has 6 heteroatoms. The summed E-state index contributed by atoms with van der Waals surface area (Å²) in [7, 11) is 0. The Morgan fingerprint density at radius 2 is 2.38 bits per heavy atom. The van der Waals surface area contributed by atoms with Crippen LogP contribution < -0.4 is 0 Å². The van der Waals surface area contributed by atoms with Gasteiger partial charge in [-0.15, -0.1) is 11.3 Å². The first-order valence-electron chi connectivity index (χ1n) is 8.27. The maximum atomic E-state index is 12.9. The number of carbonyl (C=O) groups is 1. The molecule has 3 rings (SSSR count). The molecule has 0 spiro atoms. The number of aromatic nitrogens is 1. The van der Waals surface area contributed by atoms with E-state index in [0.29, 0.717) is 19.6 Å². The Morgan fingerprint density at radius 3 is 3.12 bits per heavy atom. The highest BCUT2D eigenvalue weighted by Gasteiger charge is 2.28. The summed E-state index contributed by atoms with van der Waals surface area (Å²) in [6.45, 7) is 4.51. The quantitative estimate of drug-likeness (QED) is 0.869. The molecular weight excluding hydrogens is 322 g/mol. The van der Waals surface area contributed by atoms with Crippen LogP contribution in [0.3, 0.4) is 0 Å². The van der Waals surface area contributed by atoms with Gasteiger partial charge < -0.3 is 10.0 Å². The number of nitrogens with zero attached hydrogens (tertiary/aromatic N) is 3. The van der Waals surface area contributed by atoms with Gasteiger partial charge in [0.2, 0.25) is 5.91 Å². The van der Waals surface area contributed by atoms with Crippen LogP contribution in [0.4, 0.5) is 0 Å². The van der Waals surface area contributed by atoms with Gasteiger partial charge in [-0.25, -0.2) is 0 Å². The second-order valence-electron chi connectivity index (χ2n) is 6.11. The molecule has 1 aliphatic heterocycles. The van der Waals surface area contributed by atoms with Crippen molar-refractivity contribution in [2.24, 2.45) is 0 Å². The topological polar surface area (TPSA) is 56.7 Å². The van der Waals surface area contributed by atoms with Crippen molar-refractivity contribution in [3.05, 3.63) is 52.0 Å². The molecule has 0 saturated carbocycles. The number of fused-ring (bicyclic) bond motifs is 1. The van der Waals surface area contributed by atoms with Crippen LogP contribution in [0.15, 0.2) is 36.0 Å². The Bertz CT molecular complexity index is 674.